The number of aryl methyl sites for hydroxylation is 1. The maximum atomic E-state index is 11.8. The monoisotopic (exact) mass is 268 g/mol. The van der Waals surface area contributed by atoms with Crippen LogP contribution in [0, 0.1) is 6.92 Å². The highest BCUT2D eigenvalue weighted by atomic mass is 35.5. The summed E-state index contributed by atoms with van der Waals surface area (Å²) in [4.78, 5) is 23.4. The summed E-state index contributed by atoms with van der Waals surface area (Å²) in [5.74, 6) is -0.133. The molecule has 0 unspecified atom stereocenters. The van der Waals surface area contributed by atoms with Gasteiger partial charge in [-0.05, 0) is 6.92 Å². The number of rotatable bonds is 3. The number of carbonyl (C=O) groups is 1. The minimum Gasteiger partial charge on any atom is -0.481 e. The van der Waals surface area contributed by atoms with Gasteiger partial charge in [-0.15, -0.1) is 0 Å². The molecule has 0 saturated heterocycles. The van der Waals surface area contributed by atoms with Crippen LogP contribution >= 0.6 is 11.6 Å². The summed E-state index contributed by atoms with van der Waals surface area (Å²) < 4.78 is 9.85. The van der Waals surface area contributed by atoms with Gasteiger partial charge in [-0.25, -0.2) is 9.97 Å². The topological polar surface area (TPSA) is 90.1 Å². The van der Waals surface area contributed by atoms with Gasteiger partial charge in [0.15, 0.2) is 6.39 Å². The van der Waals surface area contributed by atoms with Crippen molar-refractivity contribution in [2.75, 3.05) is 12.4 Å². The number of amides is 1. The first-order valence-corrected chi connectivity index (χ1v) is 5.28. The predicted molar refractivity (Wildman–Crippen MR) is 62.8 cm³/mol. The van der Waals surface area contributed by atoms with Crippen molar-refractivity contribution in [3.8, 4) is 5.88 Å². The molecule has 0 aliphatic heterocycles. The molecular weight excluding hydrogens is 260 g/mol. The van der Waals surface area contributed by atoms with Gasteiger partial charge in [0.25, 0.3) is 5.91 Å². The number of ether oxygens (including phenoxy) is 1. The van der Waals surface area contributed by atoms with Crippen LogP contribution in [0.1, 0.15) is 16.2 Å². The van der Waals surface area contributed by atoms with Crippen molar-refractivity contribution in [3.63, 3.8) is 0 Å². The normalized spacial score (nSPS) is 10.2. The molecule has 2 aromatic rings. The molecule has 7 nitrogen and oxygen atoms in total. The molecule has 1 amide bonds. The molecule has 0 bridgehead atoms. The molecule has 0 aliphatic carbocycles. The molecule has 0 radical (unpaired) electrons. The molecule has 8 heteroatoms. The molecule has 1 N–H and O–H groups in total. The van der Waals surface area contributed by atoms with Gasteiger partial charge in [0.05, 0.1) is 12.8 Å². The fraction of sp³-hybridized carbons (Fsp3) is 0.200. The summed E-state index contributed by atoms with van der Waals surface area (Å²) in [5.41, 5.74) is 0.474. The first kappa shape index (κ1) is 12.3. The smallest absolute Gasteiger partial charge is 0.295 e. The van der Waals surface area contributed by atoms with E-state index in [1.54, 1.807) is 6.92 Å². The zero-order valence-corrected chi connectivity index (χ0v) is 10.4. The Bertz CT molecular complexity index is 584. The van der Waals surface area contributed by atoms with Crippen molar-refractivity contribution >= 4 is 23.5 Å². The number of aromatic nitrogens is 3. The van der Waals surface area contributed by atoms with E-state index in [-0.39, 0.29) is 22.7 Å². The second kappa shape index (κ2) is 5.01. The Labute approximate surface area is 107 Å². The van der Waals surface area contributed by atoms with E-state index in [9.17, 15) is 4.79 Å². The number of hydrogen-bond acceptors (Lipinski definition) is 6. The van der Waals surface area contributed by atoms with E-state index in [0.717, 1.165) is 0 Å². The van der Waals surface area contributed by atoms with E-state index in [1.165, 1.54) is 19.6 Å². The maximum absolute atomic E-state index is 11.8. The van der Waals surface area contributed by atoms with Gasteiger partial charge in [-0.3, -0.25) is 10.1 Å². The highest BCUT2D eigenvalue weighted by Gasteiger charge is 2.16. The fourth-order valence-corrected chi connectivity index (χ4v) is 1.41. The SMILES string of the molecule is COc1cc(Cl)nc(NC(=O)c2ocnc2C)n1. The van der Waals surface area contributed by atoms with Crippen LogP contribution in [-0.4, -0.2) is 28.0 Å². The van der Waals surface area contributed by atoms with Crippen LogP contribution in [0.5, 0.6) is 5.88 Å². The van der Waals surface area contributed by atoms with Crippen LogP contribution in [0.15, 0.2) is 16.9 Å². The van der Waals surface area contributed by atoms with Gasteiger partial charge >= 0.3 is 0 Å². The summed E-state index contributed by atoms with van der Waals surface area (Å²) >= 11 is 5.75. The van der Waals surface area contributed by atoms with E-state index >= 15 is 0 Å². The third-order valence-corrected chi connectivity index (χ3v) is 2.25. The van der Waals surface area contributed by atoms with Gasteiger partial charge in [-0.2, -0.15) is 4.98 Å². The predicted octanol–water partition coefficient (Wildman–Crippen LogP) is 1.69. The second-order valence-electron chi connectivity index (χ2n) is 3.28. The summed E-state index contributed by atoms with van der Waals surface area (Å²) in [7, 11) is 1.44. The van der Waals surface area contributed by atoms with Crippen LogP contribution in [0.2, 0.25) is 5.15 Å². The number of nitrogens with one attached hydrogen (secondary N) is 1. The van der Waals surface area contributed by atoms with E-state index in [4.69, 9.17) is 20.8 Å². The Morgan fingerprint density at radius 1 is 1.50 bits per heavy atom. The molecule has 18 heavy (non-hydrogen) atoms. The summed E-state index contributed by atoms with van der Waals surface area (Å²) in [6, 6.07) is 1.43. The number of oxazole rings is 1. The standard InChI is InChI=1S/C10H9ClN4O3/c1-5-8(18-4-12-5)9(16)15-10-13-6(11)3-7(14-10)17-2/h3-4H,1-2H3,(H,13,14,15,16). The van der Waals surface area contributed by atoms with Crippen LogP contribution in [0.3, 0.4) is 0 Å². The Hall–Kier alpha value is -2.15. The lowest BCUT2D eigenvalue weighted by Gasteiger charge is -2.04. The number of hydrogen-bond donors (Lipinski definition) is 1. The number of anilines is 1. The third kappa shape index (κ3) is 2.57. The second-order valence-corrected chi connectivity index (χ2v) is 3.66. The van der Waals surface area contributed by atoms with E-state index in [0.29, 0.717) is 5.69 Å². The van der Waals surface area contributed by atoms with Crippen LogP contribution in [-0.2, 0) is 0 Å². The van der Waals surface area contributed by atoms with Gasteiger partial charge in [0.2, 0.25) is 17.6 Å². The molecule has 0 saturated carbocycles. The van der Waals surface area contributed by atoms with E-state index < -0.39 is 5.91 Å². The fourth-order valence-electron chi connectivity index (χ4n) is 1.24. The summed E-state index contributed by atoms with van der Waals surface area (Å²) in [5, 5.41) is 2.60. The van der Waals surface area contributed by atoms with Crippen molar-refractivity contribution in [1.82, 2.24) is 15.0 Å². The summed E-state index contributed by atoms with van der Waals surface area (Å²) in [6.45, 7) is 1.65. The number of nitrogens with zero attached hydrogens (tertiary/aromatic N) is 3. The van der Waals surface area contributed by atoms with Gasteiger partial charge in [0.1, 0.15) is 5.15 Å². The van der Waals surface area contributed by atoms with Crippen LogP contribution < -0.4 is 10.1 Å². The lowest BCUT2D eigenvalue weighted by molar-refractivity contribution is 0.0995. The maximum Gasteiger partial charge on any atom is 0.295 e. The van der Waals surface area contributed by atoms with Crippen molar-refractivity contribution in [1.29, 1.82) is 0 Å². The highest BCUT2D eigenvalue weighted by molar-refractivity contribution is 6.29. The van der Waals surface area contributed by atoms with E-state index in [1.807, 2.05) is 0 Å². The lowest BCUT2D eigenvalue weighted by atomic mass is 10.3. The molecule has 0 fully saturated rings. The largest absolute Gasteiger partial charge is 0.481 e. The first-order chi connectivity index (χ1) is 8.60. The van der Waals surface area contributed by atoms with Crippen molar-refractivity contribution in [2.45, 2.75) is 6.92 Å². The Balaban J connectivity index is 2.22. The Kier molecular flexibility index (Phi) is 3.42. The third-order valence-electron chi connectivity index (χ3n) is 2.06. The molecule has 0 aromatic carbocycles. The number of methoxy groups -OCH3 is 1. The lowest BCUT2D eigenvalue weighted by Crippen LogP contribution is -2.14. The number of halogens is 1. The molecule has 0 spiro atoms. The molecule has 2 aromatic heterocycles. The molecule has 94 valence electrons. The average molecular weight is 269 g/mol. The van der Waals surface area contributed by atoms with Gasteiger partial charge in [0, 0.05) is 6.07 Å². The Morgan fingerprint density at radius 2 is 2.28 bits per heavy atom. The highest BCUT2D eigenvalue weighted by Crippen LogP contribution is 2.16. The molecule has 0 atom stereocenters. The average Bonchev–Trinajstić information content (AvgIpc) is 2.74. The zero-order valence-electron chi connectivity index (χ0n) is 9.60. The minimum atomic E-state index is -0.505. The molecular formula is C10H9ClN4O3. The van der Waals surface area contributed by atoms with Crippen molar-refractivity contribution in [2.24, 2.45) is 0 Å². The molecule has 2 heterocycles. The zero-order chi connectivity index (χ0) is 13.1. The van der Waals surface area contributed by atoms with Crippen LogP contribution in [0.4, 0.5) is 5.95 Å². The molecule has 2 rings (SSSR count). The Morgan fingerprint density at radius 3 is 2.89 bits per heavy atom. The van der Waals surface area contributed by atoms with Gasteiger partial charge < -0.3 is 9.15 Å². The summed E-state index contributed by atoms with van der Waals surface area (Å²) in [6.07, 6.45) is 1.18. The van der Waals surface area contributed by atoms with Crippen molar-refractivity contribution in [3.05, 3.63) is 29.1 Å². The first-order valence-electron chi connectivity index (χ1n) is 4.90. The quantitative estimate of drug-likeness (QED) is 0.852. The minimum absolute atomic E-state index is 0.0279. The van der Waals surface area contributed by atoms with Gasteiger partial charge in [-0.1, -0.05) is 11.6 Å². The number of carbonyl (C=O) groups excluding carboxylic acids is 1. The van der Waals surface area contributed by atoms with Crippen LogP contribution in [0.25, 0.3) is 0 Å². The molecule has 0 aliphatic rings. The van der Waals surface area contributed by atoms with E-state index in [2.05, 4.69) is 20.3 Å². The van der Waals surface area contributed by atoms with Crippen molar-refractivity contribution < 1.29 is 13.9 Å².